The van der Waals surface area contributed by atoms with Gasteiger partial charge in [-0.25, -0.2) is 0 Å². The third kappa shape index (κ3) is 4.77. The molecule has 0 saturated heterocycles. The lowest BCUT2D eigenvalue weighted by molar-refractivity contribution is -0.143. The standard InChI is InChI=1S/C12H18BrNO2S/c1-3-4-5-10(12(15)16-2)14-8-11-9(13)6-7-17-11/h6-7,10,14H,3-5,8H2,1-2H3. The molecule has 1 rings (SSSR count). The highest BCUT2D eigenvalue weighted by molar-refractivity contribution is 9.10. The molecule has 3 nitrogen and oxygen atoms in total. The maximum atomic E-state index is 11.6. The van der Waals surface area contributed by atoms with E-state index in [1.54, 1.807) is 11.3 Å². The van der Waals surface area contributed by atoms with Crippen molar-refractivity contribution < 1.29 is 9.53 Å². The maximum absolute atomic E-state index is 11.6. The first kappa shape index (κ1) is 14.7. The molecular weight excluding hydrogens is 302 g/mol. The fourth-order valence-corrected chi connectivity index (χ4v) is 2.96. The van der Waals surface area contributed by atoms with Crippen LogP contribution in [0.2, 0.25) is 0 Å². The second kappa shape index (κ2) is 7.84. The van der Waals surface area contributed by atoms with Crippen molar-refractivity contribution in [2.24, 2.45) is 0 Å². The molecule has 1 atom stereocenters. The highest BCUT2D eigenvalue weighted by Crippen LogP contribution is 2.22. The van der Waals surface area contributed by atoms with E-state index in [9.17, 15) is 4.79 Å². The number of hydrogen-bond donors (Lipinski definition) is 1. The van der Waals surface area contributed by atoms with Crippen molar-refractivity contribution in [2.75, 3.05) is 7.11 Å². The van der Waals surface area contributed by atoms with E-state index in [1.165, 1.54) is 12.0 Å². The number of carbonyl (C=O) groups excluding carboxylic acids is 1. The molecule has 0 spiro atoms. The highest BCUT2D eigenvalue weighted by Gasteiger charge is 2.18. The van der Waals surface area contributed by atoms with Crippen LogP contribution >= 0.6 is 27.3 Å². The smallest absolute Gasteiger partial charge is 0.322 e. The number of halogens is 1. The number of esters is 1. The molecule has 0 aliphatic heterocycles. The Morgan fingerprint density at radius 3 is 2.94 bits per heavy atom. The Morgan fingerprint density at radius 1 is 1.65 bits per heavy atom. The van der Waals surface area contributed by atoms with Crippen LogP contribution in [0.1, 0.15) is 31.1 Å². The van der Waals surface area contributed by atoms with Gasteiger partial charge in [-0.3, -0.25) is 10.1 Å². The number of ether oxygens (including phenoxy) is 1. The molecule has 5 heteroatoms. The van der Waals surface area contributed by atoms with Crippen molar-refractivity contribution in [3.63, 3.8) is 0 Å². The Hall–Kier alpha value is -0.390. The summed E-state index contributed by atoms with van der Waals surface area (Å²) >= 11 is 5.15. The molecular formula is C12H18BrNO2S. The Kier molecular flexibility index (Phi) is 6.77. The van der Waals surface area contributed by atoms with Gasteiger partial charge in [-0.05, 0) is 33.8 Å². The van der Waals surface area contributed by atoms with Gasteiger partial charge in [-0.2, -0.15) is 0 Å². The SMILES string of the molecule is CCCCC(NCc1sccc1Br)C(=O)OC. The average Bonchev–Trinajstić information content (AvgIpc) is 2.74. The molecule has 1 heterocycles. The van der Waals surface area contributed by atoms with Gasteiger partial charge < -0.3 is 4.74 Å². The maximum Gasteiger partial charge on any atom is 0.322 e. The summed E-state index contributed by atoms with van der Waals surface area (Å²) in [5, 5.41) is 5.28. The molecule has 0 aliphatic rings. The molecule has 0 fully saturated rings. The minimum Gasteiger partial charge on any atom is -0.468 e. The zero-order chi connectivity index (χ0) is 12.7. The summed E-state index contributed by atoms with van der Waals surface area (Å²) in [4.78, 5) is 12.8. The van der Waals surface area contributed by atoms with Crippen molar-refractivity contribution in [1.82, 2.24) is 5.32 Å². The highest BCUT2D eigenvalue weighted by atomic mass is 79.9. The Bertz CT molecular complexity index is 354. The molecule has 0 amide bonds. The van der Waals surface area contributed by atoms with E-state index >= 15 is 0 Å². The van der Waals surface area contributed by atoms with Crippen molar-refractivity contribution in [1.29, 1.82) is 0 Å². The quantitative estimate of drug-likeness (QED) is 0.783. The predicted molar refractivity (Wildman–Crippen MR) is 74.2 cm³/mol. The zero-order valence-corrected chi connectivity index (χ0v) is 12.6. The van der Waals surface area contributed by atoms with Crippen molar-refractivity contribution in [3.8, 4) is 0 Å². The number of rotatable bonds is 7. The van der Waals surface area contributed by atoms with Gasteiger partial charge in [-0.1, -0.05) is 19.8 Å². The van der Waals surface area contributed by atoms with Gasteiger partial charge in [-0.15, -0.1) is 11.3 Å². The summed E-state index contributed by atoms with van der Waals surface area (Å²) in [5.74, 6) is -0.175. The molecule has 1 aromatic heterocycles. The van der Waals surface area contributed by atoms with Crippen molar-refractivity contribution >= 4 is 33.2 Å². The van der Waals surface area contributed by atoms with Crippen LogP contribution in [-0.4, -0.2) is 19.1 Å². The minimum atomic E-state index is -0.200. The van der Waals surface area contributed by atoms with E-state index in [1.807, 2.05) is 11.4 Å². The normalized spacial score (nSPS) is 12.4. The van der Waals surface area contributed by atoms with E-state index in [-0.39, 0.29) is 12.0 Å². The predicted octanol–water partition coefficient (Wildman–Crippen LogP) is 3.33. The number of hydrogen-bond acceptors (Lipinski definition) is 4. The van der Waals surface area contributed by atoms with E-state index in [2.05, 4.69) is 28.2 Å². The lowest BCUT2D eigenvalue weighted by Crippen LogP contribution is -2.37. The first-order valence-electron chi connectivity index (χ1n) is 5.72. The fraction of sp³-hybridized carbons (Fsp3) is 0.583. The lowest BCUT2D eigenvalue weighted by Gasteiger charge is -2.15. The molecule has 17 heavy (non-hydrogen) atoms. The molecule has 0 radical (unpaired) electrons. The first-order valence-corrected chi connectivity index (χ1v) is 7.39. The molecule has 0 aromatic carbocycles. The van der Waals surface area contributed by atoms with E-state index in [4.69, 9.17) is 4.74 Å². The third-order valence-electron chi connectivity index (χ3n) is 2.53. The van der Waals surface area contributed by atoms with E-state index in [0.29, 0.717) is 6.54 Å². The topological polar surface area (TPSA) is 38.3 Å². The summed E-state index contributed by atoms with van der Waals surface area (Å²) in [6.07, 6.45) is 2.93. The molecule has 0 bridgehead atoms. The summed E-state index contributed by atoms with van der Waals surface area (Å²) in [7, 11) is 1.43. The second-order valence-corrected chi connectivity index (χ2v) is 5.65. The summed E-state index contributed by atoms with van der Waals surface area (Å²) < 4.78 is 5.89. The Balaban J connectivity index is 2.48. The number of methoxy groups -OCH3 is 1. The molecule has 1 aromatic rings. The number of nitrogens with one attached hydrogen (secondary N) is 1. The average molecular weight is 320 g/mol. The van der Waals surface area contributed by atoms with Gasteiger partial charge in [0.05, 0.1) is 7.11 Å². The fourth-order valence-electron chi connectivity index (χ4n) is 1.52. The van der Waals surface area contributed by atoms with Crippen molar-refractivity contribution in [3.05, 3.63) is 20.8 Å². The number of unbranched alkanes of at least 4 members (excludes halogenated alkanes) is 1. The molecule has 96 valence electrons. The van der Waals surface area contributed by atoms with Gasteiger partial charge >= 0.3 is 5.97 Å². The van der Waals surface area contributed by atoms with Crippen LogP contribution < -0.4 is 5.32 Å². The first-order chi connectivity index (χ1) is 8.19. The van der Waals surface area contributed by atoms with Crippen LogP contribution in [0.4, 0.5) is 0 Å². The largest absolute Gasteiger partial charge is 0.468 e. The molecule has 0 saturated carbocycles. The zero-order valence-electron chi connectivity index (χ0n) is 10.2. The second-order valence-electron chi connectivity index (χ2n) is 3.79. The van der Waals surface area contributed by atoms with Crippen molar-refractivity contribution in [2.45, 2.75) is 38.8 Å². The van der Waals surface area contributed by atoms with Crippen LogP contribution in [-0.2, 0) is 16.1 Å². The monoisotopic (exact) mass is 319 g/mol. The van der Waals surface area contributed by atoms with Crippen LogP contribution in [0.5, 0.6) is 0 Å². The van der Waals surface area contributed by atoms with E-state index < -0.39 is 0 Å². The van der Waals surface area contributed by atoms with E-state index in [0.717, 1.165) is 23.7 Å². The Morgan fingerprint density at radius 2 is 2.41 bits per heavy atom. The third-order valence-corrected chi connectivity index (χ3v) is 4.46. The Labute approximate surface area is 115 Å². The molecule has 1 unspecified atom stereocenters. The molecule has 1 N–H and O–H groups in total. The number of carbonyl (C=O) groups is 1. The summed E-state index contributed by atoms with van der Waals surface area (Å²) in [6, 6.07) is 1.81. The van der Waals surface area contributed by atoms with Crippen LogP contribution in [0, 0.1) is 0 Å². The summed E-state index contributed by atoms with van der Waals surface area (Å²) in [5.41, 5.74) is 0. The van der Waals surface area contributed by atoms with Gasteiger partial charge in [0, 0.05) is 15.9 Å². The number of thiophene rings is 1. The molecule has 0 aliphatic carbocycles. The van der Waals surface area contributed by atoms with Crippen LogP contribution in [0.3, 0.4) is 0 Å². The summed E-state index contributed by atoms with van der Waals surface area (Å²) in [6.45, 7) is 2.81. The van der Waals surface area contributed by atoms with Crippen LogP contribution in [0.15, 0.2) is 15.9 Å². The lowest BCUT2D eigenvalue weighted by atomic mass is 10.1. The minimum absolute atomic E-state index is 0.175. The van der Waals surface area contributed by atoms with Gasteiger partial charge in [0.1, 0.15) is 6.04 Å². The van der Waals surface area contributed by atoms with Gasteiger partial charge in [0.25, 0.3) is 0 Å². The van der Waals surface area contributed by atoms with Gasteiger partial charge in [0.15, 0.2) is 0 Å². The van der Waals surface area contributed by atoms with Gasteiger partial charge in [0.2, 0.25) is 0 Å². The van der Waals surface area contributed by atoms with Crippen LogP contribution in [0.25, 0.3) is 0 Å².